The van der Waals surface area contributed by atoms with E-state index in [4.69, 9.17) is 4.74 Å². The number of amides is 2. The Morgan fingerprint density at radius 1 is 1.36 bits per heavy atom. The quantitative estimate of drug-likeness (QED) is 0.741. The third-order valence-corrected chi connectivity index (χ3v) is 5.07. The Balaban J connectivity index is 1.41. The Bertz CT molecular complexity index is 712. The lowest BCUT2D eigenvalue weighted by atomic mass is 9.86. The molecule has 132 valence electrons. The van der Waals surface area contributed by atoms with Crippen molar-refractivity contribution < 1.29 is 18.3 Å². The van der Waals surface area contributed by atoms with Gasteiger partial charge in [0.1, 0.15) is 6.10 Å². The Kier molecular flexibility index (Phi) is 4.22. The number of ether oxygens (including phenoxy) is 1. The molecule has 5 rings (SSSR count). The van der Waals surface area contributed by atoms with Gasteiger partial charge in [-0.3, -0.25) is 9.80 Å². The number of fused-ring (bicyclic) bond motifs is 4. The van der Waals surface area contributed by atoms with Crippen molar-refractivity contribution in [2.24, 2.45) is 5.92 Å². The summed E-state index contributed by atoms with van der Waals surface area (Å²) in [6.45, 7) is 2.08. The summed E-state index contributed by atoms with van der Waals surface area (Å²) in [5.74, 6) is 4.98. The van der Waals surface area contributed by atoms with Gasteiger partial charge in [0.2, 0.25) is 0 Å². The highest BCUT2D eigenvalue weighted by Gasteiger charge is 2.35. The molecular formula is C18H19F2N3O2. The van der Waals surface area contributed by atoms with E-state index in [2.05, 4.69) is 16.1 Å². The van der Waals surface area contributed by atoms with Crippen LogP contribution in [0.2, 0.25) is 0 Å². The van der Waals surface area contributed by atoms with Crippen LogP contribution in [0.25, 0.3) is 0 Å². The molecule has 0 saturated carbocycles. The van der Waals surface area contributed by atoms with Crippen LogP contribution in [0.15, 0.2) is 35.9 Å². The maximum Gasteiger partial charge on any atom is 0.326 e. The van der Waals surface area contributed by atoms with Crippen LogP contribution in [0.5, 0.6) is 0 Å². The minimum Gasteiger partial charge on any atom is -0.473 e. The summed E-state index contributed by atoms with van der Waals surface area (Å²) in [4.78, 5) is 16.3. The van der Waals surface area contributed by atoms with E-state index in [0.29, 0.717) is 5.92 Å². The zero-order chi connectivity index (χ0) is 17.4. The molecule has 5 aliphatic heterocycles. The van der Waals surface area contributed by atoms with E-state index >= 15 is 0 Å². The molecule has 0 radical (unpaired) electrons. The summed E-state index contributed by atoms with van der Waals surface area (Å²) in [6.07, 6.45) is 7.06. The van der Waals surface area contributed by atoms with Crippen LogP contribution in [0.4, 0.5) is 13.6 Å². The van der Waals surface area contributed by atoms with Crippen molar-refractivity contribution in [2.75, 3.05) is 13.1 Å². The largest absolute Gasteiger partial charge is 0.473 e. The molecule has 5 nitrogen and oxygen atoms in total. The number of hydrogen-bond donors (Lipinski definition) is 1. The molecule has 2 atom stereocenters. The van der Waals surface area contributed by atoms with E-state index in [0.717, 1.165) is 25.1 Å². The van der Waals surface area contributed by atoms with Crippen molar-refractivity contribution >= 4 is 6.03 Å². The predicted octanol–water partition coefficient (Wildman–Crippen LogP) is 2.40. The third-order valence-electron chi connectivity index (χ3n) is 5.07. The predicted molar refractivity (Wildman–Crippen MR) is 87.0 cm³/mol. The number of hydrogen-bond acceptors (Lipinski definition) is 3. The number of urea groups is 1. The molecule has 3 fully saturated rings. The maximum atomic E-state index is 12.5. The van der Waals surface area contributed by atoms with Gasteiger partial charge in [-0.2, -0.15) is 8.78 Å². The SMILES string of the molecule is O=C(NC1CC2CCN1CC2)N1C=CC2OC(C#CC(F)F)=CC2=C1. The molecule has 2 unspecified atom stereocenters. The first-order chi connectivity index (χ1) is 12.1. The van der Waals surface area contributed by atoms with Crippen LogP contribution in [0.3, 0.4) is 0 Å². The number of rotatable bonds is 1. The van der Waals surface area contributed by atoms with Crippen LogP contribution in [-0.2, 0) is 4.74 Å². The Hall–Kier alpha value is -2.33. The van der Waals surface area contributed by atoms with Crippen LogP contribution in [-0.4, -0.2) is 47.6 Å². The molecule has 2 bridgehead atoms. The van der Waals surface area contributed by atoms with Crippen LogP contribution < -0.4 is 5.32 Å². The van der Waals surface area contributed by atoms with Gasteiger partial charge >= 0.3 is 6.03 Å². The zero-order valence-corrected chi connectivity index (χ0v) is 13.6. The molecule has 0 aromatic rings. The lowest BCUT2D eigenvalue weighted by molar-refractivity contribution is 0.0357. The number of alkyl halides is 2. The van der Waals surface area contributed by atoms with E-state index in [-0.39, 0.29) is 24.1 Å². The molecule has 0 aromatic heterocycles. The van der Waals surface area contributed by atoms with Gasteiger partial charge in [-0.05, 0) is 49.2 Å². The van der Waals surface area contributed by atoms with Crippen LogP contribution in [0, 0.1) is 17.8 Å². The number of carbonyl (C=O) groups is 1. The number of piperidine rings is 3. The highest BCUT2D eigenvalue weighted by molar-refractivity contribution is 5.77. The third kappa shape index (κ3) is 3.40. The van der Waals surface area contributed by atoms with Gasteiger partial charge in [0, 0.05) is 31.1 Å². The minimum absolute atomic E-state index is 0.0902. The average Bonchev–Trinajstić information content (AvgIpc) is 3.03. The zero-order valence-electron chi connectivity index (χ0n) is 13.6. The van der Waals surface area contributed by atoms with Gasteiger partial charge in [-0.1, -0.05) is 0 Å². The second kappa shape index (κ2) is 6.52. The van der Waals surface area contributed by atoms with Crippen LogP contribution >= 0.6 is 0 Å². The Morgan fingerprint density at radius 3 is 2.84 bits per heavy atom. The normalized spacial score (nSPS) is 32.4. The summed E-state index contributed by atoms with van der Waals surface area (Å²) >= 11 is 0. The summed E-state index contributed by atoms with van der Waals surface area (Å²) < 4.78 is 29.8. The second-order valence-corrected chi connectivity index (χ2v) is 6.68. The molecule has 7 heteroatoms. The van der Waals surface area contributed by atoms with E-state index in [1.165, 1.54) is 17.7 Å². The number of halogens is 2. The van der Waals surface area contributed by atoms with Crippen molar-refractivity contribution in [3.8, 4) is 11.8 Å². The summed E-state index contributed by atoms with van der Waals surface area (Å²) in [6, 6.07) is -0.194. The number of carbonyl (C=O) groups excluding carboxylic acids is 1. The number of nitrogens with zero attached hydrogens (tertiary/aromatic N) is 2. The van der Waals surface area contributed by atoms with E-state index in [1.807, 2.05) is 0 Å². The first kappa shape index (κ1) is 16.2. The van der Waals surface area contributed by atoms with Crippen molar-refractivity contribution in [3.05, 3.63) is 35.9 Å². The standard InChI is InChI=1S/C18H19F2N3O2/c19-16(20)2-1-14-10-13-11-23(8-5-15(13)25-14)18(24)21-17-9-12-3-6-22(17)7-4-12/h5,8,10-12,15-17H,3-4,6-7,9H2,(H,21,24). The van der Waals surface area contributed by atoms with Crippen molar-refractivity contribution in [1.29, 1.82) is 0 Å². The van der Waals surface area contributed by atoms with Crippen molar-refractivity contribution in [2.45, 2.75) is 38.0 Å². The molecule has 0 aliphatic carbocycles. The molecule has 0 aromatic carbocycles. The molecule has 3 saturated heterocycles. The van der Waals surface area contributed by atoms with E-state index in [1.54, 1.807) is 30.5 Å². The first-order valence-corrected chi connectivity index (χ1v) is 8.49. The lowest BCUT2D eigenvalue weighted by Gasteiger charge is -2.45. The van der Waals surface area contributed by atoms with Crippen molar-refractivity contribution in [1.82, 2.24) is 15.1 Å². The first-order valence-electron chi connectivity index (χ1n) is 8.49. The summed E-state index contributed by atoms with van der Waals surface area (Å²) in [7, 11) is 0. The van der Waals surface area contributed by atoms with Gasteiger partial charge in [0.05, 0.1) is 6.17 Å². The van der Waals surface area contributed by atoms with Gasteiger partial charge in [-0.25, -0.2) is 4.79 Å². The molecule has 1 N–H and O–H groups in total. The fraction of sp³-hybridized carbons (Fsp3) is 0.500. The fourth-order valence-electron chi connectivity index (χ4n) is 3.76. The molecule has 2 amide bonds. The van der Waals surface area contributed by atoms with Gasteiger partial charge in [-0.15, -0.1) is 0 Å². The van der Waals surface area contributed by atoms with Crippen molar-refractivity contribution in [3.63, 3.8) is 0 Å². The number of nitrogens with one attached hydrogen (secondary N) is 1. The summed E-state index contributed by atoms with van der Waals surface area (Å²) in [5.41, 5.74) is 0.724. The second-order valence-electron chi connectivity index (χ2n) is 6.68. The fourth-order valence-corrected chi connectivity index (χ4v) is 3.76. The molecule has 0 spiro atoms. The average molecular weight is 347 g/mol. The maximum absolute atomic E-state index is 12.5. The van der Waals surface area contributed by atoms with E-state index in [9.17, 15) is 13.6 Å². The molecule has 5 heterocycles. The Labute approximate surface area is 145 Å². The molecule has 5 aliphatic rings. The monoisotopic (exact) mass is 347 g/mol. The lowest BCUT2D eigenvalue weighted by Crippen LogP contribution is -2.57. The molecular weight excluding hydrogens is 328 g/mol. The highest BCUT2D eigenvalue weighted by Crippen LogP contribution is 2.31. The smallest absolute Gasteiger partial charge is 0.326 e. The van der Waals surface area contributed by atoms with Gasteiger partial charge in [0.15, 0.2) is 5.76 Å². The topological polar surface area (TPSA) is 44.8 Å². The Morgan fingerprint density at radius 2 is 2.16 bits per heavy atom. The summed E-state index contributed by atoms with van der Waals surface area (Å²) in [5, 5.41) is 3.08. The van der Waals surface area contributed by atoms with Gasteiger partial charge in [0.25, 0.3) is 6.43 Å². The molecule has 25 heavy (non-hydrogen) atoms. The minimum atomic E-state index is -2.69. The van der Waals surface area contributed by atoms with Crippen LogP contribution in [0.1, 0.15) is 19.3 Å². The van der Waals surface area contributed by atoms with Gasteiger partial charge < -0.3 is 10.1 Å². The number of allylic oxidation sites excluding steroid dienone is 1. The highest BCUT2D eigenvalue weighted by atomic mass is 19.3. The van der Waals surface area contributed by atoms with E-state index < -0.39 is 6.43 Å².